The Morgan fingerprint density at radius 1 is 1.02 bits per heavy atom. The molecule has 2 aliphatic carbocycles. The van der Waals surface area contributed by atoms with Gasteiger partial charge in [0, 0.05) is 64.2 Å². The maximum absolute atomic E-state index is 14.5. The molecule has 1 aromatic heterocycles. The van der Waals surface area contributed by atoms with Crippen LogP contribution < -0.4 is 16.4 Å². The molecule has 1 saturated heterocycles. The first-order valence-electron chi connectivity index (χ1n) is 17.9. The molecule has 1 aromatic carbocycles. The lowest BCUT2D eigenvalue weighted by atomic mass is 9.94. The van der Waals surface area contributed by atoms with Gasteiger partial charge in [0.1, 0.15) is 11.5 Å². The predicted octanol–water partition coefficient (Wildman–Crippen LogP) is 5.42. The van der Waals surface area contributed by atoms with Gasteiger partial charge in [-0.15, -0.1) is 0 Å². The van der Waals surface area contributed by atoms with Crippen molar-refractivity contribution in [2.24, 2.45) is 23.5 Å². The zero-order valence-electron chi connectivity index (χ0n) is 30.9. The van der Waals surface area contributed by atoms with Crippen LogP contribution in [0.1, 0.15) is 109 Å². The van der Waals surface area contributed by atoms with Crippen molar-refractivity contribution in [3.63, 3.8) is 0 Å². The largest absolute Gasteiger partial charge is 0.364 e. The van der Waals surface area contributed by atoms with Crippen LogP contribution in [0.2, 0.25) is 0 Å². The molecule has 0 radical (unpaired) electrons. The summed E-state index contributed by atoms with van der Waals surface area (Å²) in [4.78, 5) is 49.9. The fraction of sp³-hybridized carbons (Fsp3) is 0.649. The molecule has 3 aliphatic rings. The number of hydrogen-bond donors (Lipinski definition) is 3. The van der Waals surface area contributed by atoms with Crippen LogP contribution in [0.15, 0.2) is 30.5 Å². The highest BCUT2D eigenvalue weighted by molar-refractivity contribution is 5.91. The zero-order valence-corrected chi connectivity index (χ0v) is 30.9. The van der Waals surface area contributed by atoms with Crippen molar-refractivity contribution in [2.75, 3.05) is 39.0 Å². The minimum atomic E-state index is -0.434. The van der Waals surface area contributed by atoms with E-state index in [0.29, 0.717) is 55.2 Å². The Labute approximate surface area is 292 Å². The van der Waals surface area contributed by atoms with E-state index in [1.54, 1.807) is 30.1 Å². The Hall–Kier alpha value is -3.80. The van der Waals surface area contributed by atoms with Crippen LogP contribution in [0.25, 0.3) is 0 Å². The number of hydrogen-bond acceptors (Lipinski definition) is 6. The lowest BCUT2D eigenvalue weighted by Gasteiger charge is -2.37. The van der Waals surface area contributed by atoms with Crippen molar-refractivity contribution >= 4 is 29.3 Å². The van der Waals surface area contributed by atoms with Gasteiger partial charge in [0.05, 0.1) is 5.69 Å². The zero-order chi connectivity index (χ0) is 36.7. The van der Waals surface area contributed by atoms with Crippen LogP contribution in [0.5, 0.6) is 0 Å². The Balaban J connectivity index is 0.000000361. The summed E-state index contributed by atoms with van der Waals surface area (Å²) < 4.78 is 16.1. The van der Waals surface area contributed by atoms with Crippen LogP contribution in [0.3, 0.4) is 0 Å². The van der Waals surface area contributed by atoms with Crippen molar-refractivity contribution in [1.29, 1.82) is 0 Å². The van der Waals surface area contributed by atoms with Gasteiger partial charge in [-0.25, -0.2) is 4.39 Å². The van der Waals surface area contributed by atoms with E-state index in [4.69, 9.17) is 5.73 Å². The second kappa shape index (κ2) is 20.7. The topological polar surface area (TPSA) is 143 Å². The van der Waals surface area contributed by atoms with Gasteiger partial charge in [0.25, 0.3) is 5.91 Å². The molecular formula is C37H60FN7O4. The average Bonchev–Trinajstić information content (AvgIpc) is 4.04. The molecule has 2 saturated carbocycles. The number of carbonyl (C=O) groups is 4. The molecule has 5 rings (SSSR count). The molecule has 2 heterocycles. The third kappa shape index (κ3) is 13.9. The van der Waals surface area contributed by atoms with E-state index < -0.39 is 11.7 Å². The van der Waals surface area contributed by atoms with Crippen LogP contribution >= 0.6 is 0 Å². The van der Waals surface area contributed by atoms with Gasteiger partial charge in [-0.05, 0) is 101 Å². The van der Waals surface area contributed by atoms with E-state index in [9.17, 15) is 23.6 Å². The number of amides is 4. The van der Waals surface area contributed by atoms with Gasteiger partial charge < -0.3 is 26.2 Å². The number of halogens is 1. The van der Waals surface area contributed by atoms with E-state index in [-0.39, 0.29) is 29.5 Å². The van der Waals surface area contributed by atoms with Gasteiger partial charge in [-0.1, -0.05) is 26.8 Å². The number of piperazine rings is 1. The van der Waals surface area contributed by atoms with Gasteiger partial charge in [0.15, 0.2) is 0 Å². The number of rotatable bonds is 11. The smallest absolute Gasteiger partial charge is 0.266 e. The number of benzene rings is 1. The quantitative estimate of drug-likeness (QED) is 0.289. The Morgan fingerprint density at radius 2 is 1.65 bits per heavy atom. The summed E-state index contributed by atoms with van der Waals surface area (Å²) in [6, 6.07) is 7.05. The van der Waals surface area contributed by atoms with Crippen molar-refractivity contribution in [3.8, 4) is 0 Å². The first-order valence-corrected chi connectivity index (χ1v) is 17.9. The summed E-state index contributed by atoms with van der Waals surface area (Å²) in [7, 11) is 3.71. The Kier molecular flexibility index (Phi) is 17.4. The molecule has 49 heavy (non-hydrogen) atoms. The number of carbonyl (C=O) groups excluding carboxylic acids is 4. The maximum atomic E-state index is 14.5. The summed E-state index contributed by atoms with van der Waals surface area (Å²) >= 11 is 0. The summed E-state index contributed by atoms with van der Waals surface area (Å²) in [6.07, 6.45) is 8.51. The summed E-state index contributed by atoms with van der Waals surface area (Å²) in [5, 5.41) is 9.19. The molecule has 0 bridgehead atoms. The third-order valence-corrected chi connectivity index (χ3v) is 9.14. The molecule has 4 amide bonds. The van der Waals surface area contributed by atoms with Crippen molar-refractivity contribution in [1.82, 2.24) is 24.9 Å². The summed E-state index contributed by atoms with van der Waals surface area (Å²) in [6.45, 7) is 14.2. The molecular weight excluding hydrogens is 625 g/mol. The van der Waals surface area contributed by atoms with E-state index in [0.717, 1.165) is 25.2 Å². The SMILES string of the molecule is CC.CC(C)n1nccc1C(N)=O.CCC(=O)NC.C[C@@H]1CN(C(=O)CCc2ccc(NC(=O)CC(C3CC3)C3CC3)c(F)c2)CCN1C. The number of aryl methyl sites for hydroxylation is 1. The highest BCUT2D eigenvalue weighted by Crippen LogP contribution is 2.50. The fourth-order valence-corrected chi connectivity index (χ4v) is 5.78. The standard InChI is InChI=1S/C24H34FN3O2.C7H11N3O.C4H9NO.C2H6/c1-16-15-28(12-11-27(16)2)24(30)10-4-17-3-9-22(21(25)13-17)26-23(29)14-20(18-5-6-18)19-7-8-19;1-5(2)10-6(7(8)11)3-4-9-10;1-3-4(6)5-2;1-2/h3,9,13,16,18-20H,4-8,10-12,14-15H2,1-2H3,(H,26,29);3-5H,1-2H3,(H2,8,11);3H2,1-2H3,(H,5,6);1-2H3/t16-;;;/m1.../s1. The van der Waals surface area contributed by atoms with E-state index >= 15 is 0 Å². The molecule has 11 nitrogen and oxygen atoms in total. The molecule has 274 valence electrons. The number of likely N-dealkylation sites (N-methyl/N-ethyl adjacent to an activating group) is 1. The number of anilines is 1. The predicted molar refractivity (Wildman–Crippen MR) is 192 cm³/mol. The second-order valence-corrected chi connectivity index (χ2v) is 13.2. The summed E-state index contributed by atoms with van der Waals surface area (Å²) in [5.41, 5.74) is 6.59. The molecule has 0 unspecified atom stereocenters. The Bertz CT molecular complexity index is 1340. The number of primary amides is 1. The third-order valence-electron chi connectivity index (χ3n) is 9.14. The highest BCUT2D eigenvalue weighted by atomic mass is 19.1. The van der Waals surface area contributed by atoms with Crippen LogP contribution in [0, 0.1) is 23.6 Å². The maximum Gasteiger partial charge on any atom is 0.266 e. The number of nitrogens with zero attached hydrogens (tertiary/aromatic N) is 4. The fourth-order valence-electron chi connectivity index (χ4n) is 5.78. The number of nitrogens with two attached hydrogens (primary N) is 1. The lowest BCUT2D eigenvalue weighted by molar-refractivity contribution is -0.133. The molecule has 0 spiro atoms. The average molecular weight is 686 g/mol. The monoisotopic (exact) mass is 685 g/mol. The van der Waals surface area contributed by atoms with Gasteiger partial charge >= 0.3 is 0 Å². The normalized spacial score (nSPS) is 17.1. The first kappa shape index (κ1) is 41.4. The van der Waals surface area contributed by atoms with Crippen molar-refractivity contribution in [3.05, 3.63) is 47.5 Å². The lowest BCUT2D eigenvalue weighted by Crippen LogP contribution is -2.52. The van der Waals surface area contributed by atoms with Gasteiger partial charge in [-0.2, -0.15) is 5.10 Å². The van der Waals surface area contributed by atoms with E-state index in [1.807, 2.05) is 45.6 Å². The first-order chi connectivity index (χ1) is 23.3. The molecule has 3 fully saturated rings. The molecule has 12 heteroatoms. The molecule has 1 atom stereocenters. The summed E-state index contributed by atoms with van der Waals surface area (Å²) in [5.74, 6) is 1.18. The van der Waals surface area contributed by atoms with Crippen LogP contribution in [-0.4, -0.2) is 83.0 Å². The van der Waals surface area contributed by atoms with E-state index in [1.165, 1.54) is 31.7 Å². The number of nitrogens with one attached hydrogen (secondary N) is 2. The molecule has 4 N–H and O–H groups in total. The van der Waals surface area contributed by atoms with Crippen molar-refractivity contribution in [2.45, 2.75) is 105 Å². The minimum Gasteiger partial charge on any atom is -0.364 e. The minimum absolute atomic E-state index is 0.0789. The van der Waals surface area contributed by atoms with Crippen molar-refractivity contribution < 1.29 is 23.6 Å². The van der Waals surface area contributed by atoms with Gasteiger partial charge in [-0.3, -0.25) is 23.9 Å². The Morgan fingerprint density at radius 3 is 2.10 bits per heavy atom. The van der Waals surface area contributed by atoms with Crippen LogP contribution in [-0.2, 0) is 20.8 Å². The van der Waals surface area contributed by atoms with E-state index in [2.05, 4.69) is 34.6 Å². The van der Waals surface area contributed by atoms with Gasteiger partial charge in [0.2, 0.25) is 17.7 Å². The highest BCUT2D eigenvalue weighted by Gasteiger charge is 2.42. The molecule has 2 aromatic rings. The molecule has 1 aliphatic heterocycles. The second-order valence-electron chi connectivity index (χ2n) is 13.2. The number of aromatic nitrogens is 2. The van der Waals surface area contributed by atoms with Crippen LogP contribution in [0.4, 0.5) is 10.1 Å².